The van der Waals surface area contributed by atoms with Crippen LogP contribution in [0.25, 0.3) is 0 Å². The largest absolute Gasteiger partial charge is 0.462 e. The van der Waals surface area contributed by atoms with Crippen molar-refractivity contribution < 1.29 is 24.5 Å². The predicted octanol–water partition coefficient (Wildman–Crippen LogP) is 13.0. The van der Waals surface area contributed by atoms with E-state index in [2.05, 4.69) is 74.7 Å². The normalized spacial score (nSPS) is 14.3. The van der Waals surface area contributed by atoms with Gasteiger partial charge in [0.05, 0.1) is 25.2 Å². The summed E-state index contributed by atoms with van der Waals surface area (Å²) in [6.45, 7) is 6.16. The van der Waals surface area contributed by atoms with E-state index in [-0.39, 0.29) is 24.9 Å². The molecule has 0 aliphatic heterocycles. The Kier molecular flexibility index (Phi) is 40.4. The first-order chi connectivity index (χ1) is 27.5. The Morgan fingerprint density at radius 2 is 1.05 bits per heavy atom. The van der Waals surface area contributed by atoms with E-state index in [1.807, 2.05) is 48.6 Å². The van der Waals surface area contributed by atoms with Crippen molar-refractivity contribution in [3.63, 3.8) is 0 Å². The molecule has 3 atom stereocenters. The molecule has 0 aliphatic carbocycles. The fourth-order valence-corrected chi connectivity index (χ4v) is 6.17. The van der Waals surface area contributed by atoms with Crippen molar-refractivity contribution in [2.24, 2.45) is 0 Å². The van der Waals surface area contributed by atoms with Crippen LogP contribution in [0.15, 0.2) is 97.2 Å². The van der Waals surface area contributed by atoms with Gasteiger partial charge in [0.15, 0.2) is 0 Å². The number of unbranched alkanes of at least 4 members (excludes halogenated alkanes) is 14. The summed E-state index contributed by atoms with van der Waals surface area (Å²) in [5.74, 6) is -0.575. The zero-order valence-corrected chi connectivity index (χ0v) is 36.0. The van der Waals surface area contributed by atoms with Gasteiger partial charge in [-0.1, -0.05) is 189 Å². The summed E-state index contributed by atoms with van der Waals surface area (Å²) in [5.41, 5.74) is 0. The van der Waals surface area contributed by atoms with E-state index < -0.39 is 18.2 Å². The maximum atomic E-state index is 13.1. The van der Waals surface area contributed by atoms with Crippen molar-refractivity contribution in [3.05, 3.63) is 97.2 Å². The second kappa shape index (κ2) is 42.9. The highest BCUT2D eigenvalue weighted by atomic mass is 16.5. The van der Waals surface area contributed by atoms with Crippen LogP contribution in [0.5, 0.6) is 0 Å². The molecule has 0 saturated heterocycles. The van der Waals surface area contributed by atoms with Gasteiger partial charge in [0.25, 0.3) is 0 Å². The van der Waals surface area contributed by atoms with Crippen molar-refractivity contribution in [1.82, 2.24) is 5.32 Å². The van der Waals surface area contributed by atoms with Gasteiger partial charge >= 0.3 is 5.97 Å². The predicted molar refractivity (Wildman–Crippen MR) is 240 cm³/mol. The maximum Gasteiger partial charge on any atom is 0.306 e. The van der Waals surface area contributed by atoms with E-state index in [1.54, 1.807) is 0 Å². The summed E-state index contributed by atoms with van der Waals surface area (Å²) < 4.78 is 5.86. The minimum atomic E-state index is -0.809. The van der Waals surface area contributed by atoms with Crippen LogP contribution in [0.2, 0.25) is 0 Å². The number of aliphatic hydroxyl groups is 2. The van der Waals surface area contributed by atoms with Crippen LogP contribution in [0.4, 0.5) is 0 Å². The fourth-order valence-electron chi connectivity index (χ4n) is 6.17. The zero-order chi connectivity index (χ0) is 41.0. The fraction of sp³-hybridized carbons (Fsp3) is 0.640. The van der Waals surface area contributed by atoms with Crippen molar-refractivity contribution in [1.29, 1.82) is 0 Å². The third-order valence-corrected chi connectivity index (χ3v) is 9.54. The number of rotatable bonds is 38. The number of hydrogen-bond donors (Lipinski definition) is 3. The highest BCUT2D eigenvalue weighted by molar-refractivity contribution is 5.77. The SMILES string of the molecule is CC/C=C/C=C/C=C\C=C/C=C/CCCCCC(=O)OC(CCCC/C=C/C/C=C/C/C=C/CC)CC(=O)NC(CO)C(O)CCCCCCCCCCCC. The lowest BCUT2D eigenvalue weighted by Gasteiger charge is -2.24. The van der Waals surface area contributed by atoms with Crippen molar-refractivity contribution in [2.45, 2.75) is 200 Å². The van der Waals surface area contributed by atoms with Gasteiger partial charge in [0.2, 0.25) is 5.91 Å². The Balaban J connectivity index is 4.77. The Labute approximate surface area is 344 Å². The number of ether oxygens (including phenoxy) is 1. The van der Waals surface area contributed by atoms with Crippen LogP contribution in [0.3, 0.4) is 0 Å². The molecule has 0 bridgehead atoms. The first-order valence-corrected chi connectivity index (χ1v) is 22.5. The molecule has 56 heavy (non-hydrogen) atoms. The lowest BCUT2D eigenvalue weighted by molar-refractivity contribution is -0.151. The molecule has 6 nitrogen and oxygen atoms in total. The van der Waals surface area contributed by atoms with Crippen LogP contribution in [-0.2, 0) is 14.3 Å². The van der Waals surface area contributed by atoms with Crippen LogP contribution in [0, 0.1) is 0 Å². The molecule has 0 aromatic carbocycles. The summed E-state index contributed by atoms with van der Waals surface area (Å²) >= 11 is 0. The summed E-state index contributed by atoms with van der Waals surface area (Å²) in [4.78, 5) is 26.0. The molecule has 6 heteroatoms. The topological polar surface area (TPSA) is 95.9 Å². The first-order valence-electron chi connectivity index (χ1n) is 22.5. The lowest BCUT2D eigenvalue weighted by Crippen LogP contribution is -2.46. The zero-order valence-electron chi connectivity index (χ0n) is 36.0. The molecule has 0 spiro atoms. The number of nitrogens with one attached hydrogen (secondary N) is 1. The molecule has 0 fully saturated rings. The molecule has 3 N–H and O–H groups in total. The molecular formula is C50H83NO5. The average molecular weight is 778 g/mol. The van der Waals surface area contributed by atoms with Gasteiger partial charge in [-0.3, -0.25) is 9.59 Å². The van der Waals surface area contributed by atoms with E-state index in [0.29, 0.717) is 19.3 Å². The minimum absolute atomic E-state index is 0.0278. The molecule has 0 aromatic rings. The molecule has 0 aliphatic rings. The Morgan fingerprint density at radius 1 is 0.554 bits per heavy atom. The maximum absolute atomic E-state index is 13.1. The molecule has 0 heterocycles. The molecule has 318 valence electrons. The van der Waals surface area contributed by atoms with Gasteiger partial charge in [-0.2, -0.15) is 0 Å². The summed E-state index contributed by atoms with van der Waals surface area (Å²) in [5, 5.41) is 23.6. The third-order valence-electron chi connectivity index (χ3n) is 9.54. The smallest absolute Gasteiger partial charge is 0.306 e. The molecular weight excluding hydrogens is 695 g/mol. The van der Waals surface area contributed by atoms with E-state index in [4.69, 9.17) is 4.74 Å². The van der Waals surface area contributed by atoms with E-state index in [9.17, 15) is 19.8 Å². The molecule has 0 saturated carbocycles. The van der Waals surface area contributed by atoms with Crippen molar-refractivity contribution >= 4 is 11.9 Å². The van der Waals surface area contributed by atoms with E-state index in [1.165, 1.54) is 44.9 Å². The van der Waals surface area contributed by atoms with Crippen LogP contribution >= 0.6 is 0 Å². The minimum Gasteiger partial charge on any atom is -0.462 e. The highest BCUT2D eigenvalue weighted by Gasteiger charge is 2.24. The number of esters is 1. The number of carbonyl (C=O) groups is 2. The van der Waals surface area contributed by atoms with Gasteiger partial charge in [-0.25, -0.2) is 0 Å². The number of amides is 1. The number of allylic oxidation sites excluding steroid dienone is 16. The van der Waals surface area contributed by atoms with Crippen LogP contribution in [0.1, 0.15) is 181 Å². The Hall–Kier alpha value is -3.22. The van der Waals surface area contributed by atoms with Gasteiger partial charge < -0.3 is 20.3 Å². The Bertz CT molecular complexity index is 1140. The molecule has 0 aromatic heterocycles. The monoisotopic (exact) mass is 778 g/mol. The van der Waals surface area contributed by atoms with Crippen LogP contribution < -0.4 is 5.32 Å². The number of hydrogen-bond acceptors (Lipinski definition) is 5. The van der Waals surface area contributed by atoms with Gasteiger partial charge in [0, 0.05) is 6.42 Å². The second-order valence-electron chi connectivity index (χ2n) is 14.8. The quantitative estimate of drug-likeness (QED) is 0.0251. The van der Waals surface area contributed by atoms with E-state index >= 15 is 0 Å². The van der Waals surface area contributed by atoms with E-state index in [0.717, 1.165) is 89.9 Å². The first kappa shape index (κ1) is 52.8. The lowest BCUT2D eigenvalue weighted by atomic mass is 10.0. The molecule has 0 rings (SSSR count). The van der Waals surface area contributed by atoms with Gasteiger partial charge in [0.1, 0.15) is 6.10 Å². The Morgan fingerprint density at radius 3 is 1.68 bits per heavy atom. The van der Waals surface area contributed by atoms with Crippen LogP contribution in [-0.4, -0.2) is 46.9 Å². The summed E-state index contributed by atoms with van der Waals surface area (Å²) in [6, 6.07) is -0.726. The molecule has 3 unspecified atom stereocenters. The highest BCUT2D eigenvalue weighted by Crippen LogP contribution is 2.16. The average Bonchev–Trinajstić information content (AvgIpc) is 3.19. The van der Waals surface area contributed by atoms with Crippen molar-refractivity contribution in [2.75, 3.05) is 6.61 Å². The standard InChI is InChI=1S/C50H83NO5/c1-4-7-10-13-16-19-22-24-25-26-28-31-34-37-40-43-50(55)56-46(41-38-35-32-29-27-23-20-17-14-11-8-5-2)44-49(54)51-47(45-52)48(53)42-39-36-33-30-21-18-15-12-9-6-3/h7-8,10-11,13,16-17,19-20,22,24-29,46-48,52-53H,4-6,9,12,14-15,18,21,23,30-45H2,1-3H3,(H,51,54)/b10-7+,11-8+,16-13+,20-17+,22-19-,25-24-,28-26+,29-27+. The third kappa shape index (κ3) is 37.7. The number of carbonyl (C=O) groups excluding carboxylic acids is 2. The van der Waals surface area contributed by atoms with Crippen molar-refractivity contribution in [3.8, 4) is 0 Å². The van der Waals surface area contributed by atoms with Gasteiger partial charge in [-0.05, 0) is 77.0 Å². The molecule has 1 amide bonds. The second-order valence-corrected chi connectivity index (χ2v) is 14.8. The van der Waals surface area contributed by atoms with Gasteiger partial charge in [-0.15, -0.1) is 0 Å². The summed E-state index contributed by atoms with van der Waals surface area (Å²) in [6.07, 6.45) is 56.1. The number of aliphatic hydroxyl groups excluding tert-OH is 2. The summed E-state index contributed by atoms with van der Waals surface area (Å²) in [7, 11) is 0. The molecule has 0 radical (unpaired) electrons.